The normalized spacial score (nSPS) is 23.3. The molecular formula is C16H24N4O. The second-order valence-corrected chi connectivity index (χ2v) is 5.97. The van der Waals surface area contributed by atoms with Crippen LogP contribution in [0, 0.1) is 0 Å². The van der Waals surface area contributed by atoms with Gasteiger partial charge in [-0.3, -0.25) is 9.69 Å². The van der Waals surface area contributed by atoms with Gasteiger partial charge in [0.1, 0.15) is 5.69 Å². The van der Waals surface area contributed by atoms with E-state index in [4.69, 9.17) is 0 Å². The fourth-order valence-electron chi connectivity index (χ4n) is 3.34. The van der Waals surface area contributed by atoms with Crippen molar-refractivity contribution in [2.24, 2.45) is 0 Å². The highest BCUT2D eigenvalue weighted by atomic mass is 16.2. The molecule has 0 saturated carbocycles. The van der Waals surface area contributed by atoms with Crippen LogP contribution in [-0.4, -0.2) is 60.0 Å². The molecule has 5 heteroatoms. The molecule has 3 heterocycles. The van der Waals surface area contributed by atoms with Crippen LogP contribution >= 0.6 is 0 Å². The molecule has 1 N–H and O–H groups in total. The van der Waals surface area contributed by atoms with E-state index >= 15 is 0 Å². The van der Waals surface area contributed by atoms with Gasteiger partial charge >= 0.3 is 0 Å². The maximum absolute atomic E-state index is 12.5. The second kappa shape index (κ2) is 6.43. The zero-order chi connectivity index (χ0) is 14.7. The first-order valence-corrected chi connectivity index (χ1v) is 7.95. The van der Waals surface area contributed by atoms with E-state index in [1.807, 2.05) is 24.1 Å². The number of amides is 1. The van der Waals surface area contributed by atoms with Crippen LogP contribution in [0.25, 0.3) is 0 Å². The molecule has 1 atom stereocenters. The van der Waals surface area contributed by atoms with Crippen LogP contribution in [-0.2, 0) is 0 Å². The number of hydrogen-bond acceptors (Lipinski definition) is 4. The Hall–Kier alpha value is -1.62. The molecule has 114 valence electrons. The van der Waals surface area contributed by atoms with Crippen molar-refractivity contribution in [3.8, 4) is 0 Å². The van der Waals surface area contributed by atoms with Crippen LogP contribution in [0.1, 0.15) is 36.2 Å². The molecule has 0 aliphatic carbocycles. The molecular weight excluding hydrogens is 264 g/mol. The highest BCUT2D eigenvalue weighted by Gasteiger charge is 2.31. The van der Waals surface area contributed by atoms with E-state index < -0.39 is 0 Å². The van der Waals surface area contributed by atoms with Crippen LogP contribution in [0.15, 0.2) is 18.3 Å². The van der Waals surface area contributed by atoms with Crippen molar-refractivity contribution in [3.05, 3.63) is 24.0 Å². The average Bonchev–Trinajstić information content (AvgIpc) is 3.05. The van der Waals surface area contributed by atoms with Crippen molar-refractivity contribution < 1.29 is 4.79 Å². The van der Waals surface area contributed by atoms with Gasteiger partial charge in [-0.05, 0) is 44.5 Å². The Morgan fingerprint density at radius 3 is 2.71 bits per heavy atom. The van der Waals surface area contributed by atoms with Gasteiger partial charge in [-0.1, -0.05) is 6.42 Å². The van der Waals surface area contributed by atoms with E-state index in [1.165, 1.54) is 32.4 Å². The first-order chi connectivity index (χ1) is 10.3. The van der Waals surface area contributed by atoms with Crippen molar-refractivity contribution in [2.45, 2.75) is 31.7 Å². The molecule has 2 fully saturated rings. The number of nitrogens with zero attached hydrogens (tertiary/aromatic N) is 3. The lowest BCUT2D eigenvalue weighted by Crippen LogP contribution is -2.41. The molecule has 21 heavy (non-hydrogen) atoms. The minimum atomic E-state index is 0.0668. The Kier molecular flexibility index (Phi) is 4.39. The minimum absolute atomic E-state index is 0.0668. The standard InChI is InChI=1S/C16H24N4O/c1-17-13-5-6-15(18-11-13)16(21)20-10-7-14(12-20)19-8-3-2-4-9-19/h5-6,11,14,17H,2-4,7-10,12H2,1H3. The topological polar surface area (TPSA) is 48.5 Å². The van der Waals surface area contributed by atoms with Gasteiger partial charge in [-0.2, -0.15) is 0 Å². The summed E-state index contributed by atoms with van der Waals surface area (Å²) in [5.41, 5.74) is 1.48. The van der Waals surface area contributed by atoms with Crippen molar-refractivity contribution in [3.63, 3.8) is 0 Å². The summed E-state index contributed by atoms with van der Waals surface area (Å²) in [5, 5.41) is 3.02. The Morgan fingerprint density at radius 1 is 1.24 bits per heavy atom. The van der Waals surface area contributed by atoms with Crippen molar-refractivity contribution in [1.82, 2.24) is 14.8 Å². The molecule has 1 aromatic rings. The van der Waals surface area contributed by atoms with Crippen LogP contribution in [0.4, 0.5) is 5.69 Å². The summed E-state index contributed by atoms with van der Waals surface area (Å²) in [7, 11) is 1.85. The Balaban J connectivity index is 1.60. The maximum atomic E-state index is 12.5. The monoisotopic (exact) mass is 288 g/mol. The van der Waals surface area contributed by atoms with Gasteiger partial charge in [0.25, 0.3) is 5.91 Å². The summed E-state index contributed by atoms with van der Waals surface area (Å²) in [5.74, 6) is 0.0668. The summed E-state index contributed by atoms with van der Waals surface area (Å²) >= 11 is 0. The number of pyridine rings is 1. The second-order valence-electron chi connectivity index (χ2n) is 5.97. The molecule has 1 unspecified atom stereocenters. The number of aromatic nitrogens is 1. The SMILES string of the molecule is CNc1ccc(C(=O)N2CCC(N3CCCCC3)C2)nc1. The first kappa shape index (κ1) is 14.3. The molecule has 5 nitrogen and oxygen atoms in total. The molecule has 2 aliphatic heterocycles. The summed E-state index contributed by atoms with van der Waals surface area (Å²) < 4.78 is 0. The van der Waals surface area contributed by atoms with Gasteiger partial charge in [-0.25, -0.2) is 4.98 Å². The van der Waals surface area contributed by atoms with Gasteiger partial charge in [0.05, 0.1) is 11.9 Å². The van der Waals surface area contributed by atoms with E-state index in [0.29, 0.717) is 11.7 Å². The number of rotatable bonds is 3. The zero-order valence-corrected chi connectivity index (χ0v) is 12.7. The number of anilines is 1. The Bertz CT molecular complexity index is 482. The lowest BCUT2D eigenvalue weighted by atomic mass is 10.1. The highest BCUT2D eigenvalue weighted by molar-refractivity contribution is 5.92. The predicted octanol–water partition coefficient (Wildman–Crippen LogP) is 1.82. The third kappa shape index (κ3) is 3.18. The fraction of sp³-hybridized carbons (Fsp3) is 0.625. The van der Waals surface area contributed by atoms with Gasteiger partial charge in [0, 0.05) is 26.2 Å². The molecule has 2 aliphatic rings. The van der Waals surface area contributed by atoms with Crippen LogP contribution < -0.4 is 5.32 Å². The first-order valence-electron chi connectivity index (χ1n) is 7.95. The van der Waals surface area contributed by atoms with E-state index in [2.05, 4.69) is 15.2 Å². The molecule has 0 spiro atoms. The van der Waals surface area contributed by atoms with Crippen molar-refractivity contribution in [2.75, 3.05) is 38.5 Å². The van der Waals surface area contributed by atoms with E-state index in [0.717, 1.165) is 25.2 Å². The highest BCUT2D eigenvalue weighted by Crippen LogP contribution is 2.21. The van der Waals surface area contributed by atoms with Crippen molar-refractivity contribution in [1.29, 1.82) is 0 Å². The quantitative estimate of drug-likeness (QED) is 0.922. The summed E-state index contributed by atoms with van der Waals surface area (Å²) in [6, 6.07) is 4.26. The smallest absolute Gasteiger partial charge is 0.272 e. The Labute approximate surface area is 126 Å². The lowest BCUT2D eigenvalue weighted by molar-refractivity contribution is 0.0766. The molecule has 0 bridgehead atoms. The van der Waals surface area contributed by atoms with E-state index in [1.54, 1.807) is 6.20 Å². The van der Waals surface area contributed by atoms with Gasteiger partial charge in [0.15, 0.2) is 0 Å². The molecule has 1 aromatic heterocycles. The van der Waals surface area contributed by atoms with E-state index in [-0.39, 0.29) is 5.91 Å². The maximum Gasteiger partial charge on any atom is 0.272 e. The van der Waals surface area contributed by atoms with Crippen molar-refractivity contribution >= 4 is 11.6 Å². The summed E-state index contributed by atoms with van der Waals surface area (Å²) in [6.45, 7) is 4.10. The van der Waals surface area contributed by atoms with Crippen LogP contribution in [0.3, 0.4) is 0 Å². The van der Waals surface area contributed by atoms with E-state index in [9.17, 15) is 4.79 Å². The number of nitrogens with one attached hydrogen (secondary N) is 1. The molecule has 3 rings (SSSR count). The number of likely N-dealkylation sites (tertiary alicyclic amines) is 2. The number of hydrogen-bond donors (Lipinski definition) is 1. The molecule has 1 amide bonds. The molecule has 0 aromatic carbocycles. The average molecular weight is 288 g/mol. The van der Waals surface area contributed by atoms with Crippen LogP contribution in [0.5, 0.6) is 0 Å². The van der Waals surface area contributed by atoms with Gasteiger partial charge < -0.3 is 10.2 Å². The zero-order valence-electron chi connectivity index (χ0n) is 12.7. The summed E-state index contributed by atoms with van der Waals surface area (Å²) in [4.78, 5) is 21.3. The number of carbonyl (C=O) groups is 1. The van der Waals surface area contributed by atoms with Gasteiger partial charge in [-0.15, -0.1) is 0 Å². The molecule has 2 saturated heterocycles. The number of carbonyl (C=O) groups excluding carboxylic acids is 1. The fourth-order valence-corrected chi connectivity index (χ4v) is 3.34. The van der Waals surface area contributed by atoms with Gasteiger partial charge in [0.2, 0.25) is 0 Å². The number of piperidine rings is 1. The summed E-state index contributed by atoms with van der Waals surface area (Å²) in [6.07, 6.45) is 6.77. The largest absolute Gasteiger partial charge is 0.387 e. The third-order valence-electron chi connectivity index (χ3n) is 4.63. The van der Waals surface area contributed by atoms with Crippen LogP contribution in [0.2, 0.25) is 0 Å². The molecule has 0 radical (unpaired) electrons. The Morgan fingerprint density at radius 2 is 2.05 bits per heavy atom. The third-order valence-corrected chi connectivity index (χ3v) is 4.63. The predicted molar refractivity (Wildman–Crippen MR) is 83.5 cm³/mol. The minimum Gasteiger partial charge on any atom is -0.387 e. The lowest BCUT2D eigenvalue weighted by Gasteiger charge is -2.32.